The number of ether oxygens (including phenoxy) is 1. The molecule has 1 saturated heterocycles. The second-order valence-electron chi connectivity index (χ2n) is 8.25. The molecule has 0 saturated carbocycles. The van der Waals surface area contributed by atoms with E-state index in [4.69, 9.17) is 4.74 Å². The minimum Gasteiger partial charge on any atom is -0.373 e. The highest BCUT2D eigenvalue weighted by Crippen LogP contribution is 2.35. The third-order valence-corrected chi connectivity index (χ3v) is 6.20. The topological polar surface area (TPSA) is 9.23 Å². The van der Waals surface area contributed by atoms with Crippen molar-refractivity contribution in [1.29, 1.82) is 0 Å². The van der Waals surface area contributed by atoms with Gasteiger partial charge in [0, 0.05) is 17.0 Å². The molecule has 2 atom stereocenters. The van der Waals surface area contributed by atoms with Crippen LogP contribution in [0.3, 0.4) is 0 Å². The van der Waals surface area contributed by atoms with Gasteiger partial charge in [0.25, 0.3) is 0 Å². The van der Waals surface area contributed by atoms with Crippen LogP contribution in [-0.4, -0.2) is 6.61 Å². The maximum absolute atomic E-state index is 14.9. The van der Waals surface area contributed by atoms with E-state index in [9.17, 15) is 13.2 Å². The van der Waals surface area contributed by atoms with Gasteiger partial charge in [-0.05, 0) is 54.5 Å². The Hall–Kier alpha value is -2.85. The highest BCUT2D eigenvalue weighted by atomic mass is 19.2. The van der Waals surface area contributed by atoms with Gasteiger partial charge in [-0.2, -0.15) is 0 Å². The fourth-order valence-corrected chi connectivity index (χ4v) is 4.34. The molecular weight excluding hydrogens is 409 g/mol. The van der Waals surface area contributed by atoms with Crippen molar-refractivity contribution in [1.82, 2.24) is 0 Å². The van der Waals surface area contributed by atoms with Crippen LogP contribution < -0.4 is 0 Å². The van der Waals surface area contributed by atoms with E-state index >= 15 is 0 Å². The highest BCUT2D eigenvalue weighted by molar-refractivity contribution is 5.71. The highest BCUT2D eigenvalue weighted by Gasteiger charge is 2.24. The van der Waals surface area contributed by atoms with E-state index in [0.717, 1.165) is 24.0 Å². The second-order valence-corrected chi connectivity index (χ2v) is 8.25. The van der Waals surface area contributed by atoms with Gasteiger partial charge in [0.05, 0.1) is 12.7 Å². The molecule has 0 aliphatic carbocycles. The lowest BCUT2D eigenvalue weighted by atomic mass is 9.92. The average molecular weight is 437 g/mol. The maximum atomic E-state index is 14.9. The minimum absolute atomic E-state index is 0.221. The lowest BCUT2D eigenvalue weighted by Crippen LogP contribution is -2.20. The molecular formula is C28H27F3O. The monoisotopic (exact) mass is 436 g/mol. The predicted molar refractivity (Wildman–Crippen MR) is 123 cm³/mol. The second kappa shape index (κ2) is 9.74. The summed E-state index contributed by atoms with van der Waals surface area (Å²) in [5, 5.41) is 0. The number of halogens is 3. The summed E-state index contributed by atoms with van der Waals surface area (Å²) in [6.45, 7) is 4.39. The van der Waals surface area contributed by atoms with E-state index in [1.54, 1.807) is 49.4 Å². The minimum atomic E-state index is -0.836. The summed E-state index contributed by atoms with van der Waals surface area (Å²) in [6.07, 6.45) is 6.15. The lowest BCUT2D eigenvalue weighted by molar-refractivity contribution is -0.00711. The molecule has 0 spiro atoms. The maximum Gasteiger partial charge on any atom is 0.166 e. The molecule has 0 bridgehead atoms. The van der Waals surface area contributed by atoms with Gasteiger partial charge in [-0.15, -0.1) is 0 Å². The SMILES string of the molecule is C/C=C/C1CCC(c2ccc(-c3ccc(-c4ccc(CC)c(F)c4F)cc3)cc2F)OC1. The van der Waals surface area contributed by atoms with Gasteiger partial charge in [0.1, 0.15) is 5.82 Å². The summed E-state index contributed by atoms with van der Waals surface area (Å²) in [5.41, 5.74) is 3.28. The van der Waals surface area contributed by atoms with Crippen molar-refractivity contribution < 1.29 is 17.9 Å². The first-order valence-corrected chi connectivity index (χ1v) is 11.1. The van der Waals surface area contributed by atoms with Crippen molar-refractivity contribution in [3.8, 4) is 22.3 Å². The van der Waals surface area contributed by atoms with Crippen molar-refractivity contribution in [2.75, 3.05) is 6.61 Å². The number of benzene rings is 3. The van der Waals surface area contributed by atoms with Gasteiger partial charge in [-0.25, -0.2) is 13.2 Å². The summed E-state index contributed by atoms with van der Waals surface area (Å²) in [5.74, 6) is -1.52. The third kappa shape index (κ3) is 4.51. The molecule has 0 amide bonds. The van der Waals surface area contributed by atoms with E-state index < -0.39 is 11.6 Å². The van der Waals surface area contributed by atoms with Crippen molar-refractivity contribution >= 4 is 0 Å². The fraction of sp³-hybridized carbons (Fsp3) is 0.286. The zero-order valence-electron chi connectivity index (χ0n) is 18.4. The lowest BCUT2D eigenvalue weighted by Gasteiger charge is -2.28. The summed E-state index contributed by atoms with van der Waals surface area (Å²) < 4.78 is 49.4. The molecule has 0 aromatic heterocycles. The molecule has 4 heteroatoms. The third-order valence-electron chi connectivity index (χ3n) is 6.20. The fourth-order valence-electron chi connectivity index (χ4n) is 4.34. The van der Waals surface area contributed by atoms with Gasteiger partial charge in [-0.3, -0.25) is 0 Å². The van der Waals surface area contributed by atoms with E-state index in [0.29, 0.717) is 35.6 Å². The Morgan fingerprint density at radius 1 is 0.875 bits per heavy atom. The summed E-state index contributed by atoms with van der Waals surface area (Å²) >= 11 is 0. The molecule has 2 unspecified atom stereocenters. The van der Waals surface area contributed by atoms with E-state index in [-0.39, 0.29) is 17.5 Å². The average Bonchev–Trinajstić information content (AvgIpc) is 2.82. The number of hydrogen-bond acceptors (Lipinski definition) is 1. The van der Waals surface area contributed by atoms with Gasteiger partial charge in [-0.1, -0.05) is 67.6 Å². The Kier molecular flexibility index (Phi) is 6.80. The quantitative estimate of drug-likeness (QED) is 0.368. The van der Waals surface area contributed by atoms with E-state index in [2.05, 4.69) is 6.08 Å². The molecule has 0 radical (unpaired) electrons. The largest absolute Gasteiger partial charge is 0.373 e. The standard InChI is InChI=1S/C28H27F3O/c1-3-5-18-6-15-26(32-17-18)24-14-12-22(16-25(24)29)20-7-9-21(10-8-20)23-13-11-19(4-2)27(30)28(23)31/h3,5,7-14,16,18,26H,4,6,15,17H2,1-2H3/b5-3+. The Morgan fingerprint density at radius 3 is 2.22 bits per heavy atom. The molecule has 0 N–H and O–H groups in total. The van der Waals surface area contributed by atoms with Crippen molar-refractivity contribution in [2.24, 2.45) is 5.92 Å². The van der Waals surface area contributed by atoms with E-state index in [1.165, 1.54) is 6.07 Å². The van der Waals surface area contributed by atoms with Crippen molar-refractivity contribution in [3.63, 3.8) is 0 Å². The van der Waals surface area contributed by atoms with Crippen LogP contribution in [0.5, 0.6) is 0 Å². The summed E-state index contributed by atoms with van der Waals surface area (Å²) in [7, 11) is 0. The van der Waals surface area contributed by atoms with Crippen molar-refractivity contribution in [2.45, 2.75) is 39.2 Å². The van der Waals surface area contributed by atoms with Crippen LogP contribution in [0.25, 0.3) is 22.3 Å². The zero-order valence-corrected chi connectivity index (χ0v) is 18.4. The molecule has 4 rings (SSSR count). The number of rotatable bonds is 5. The van der Waals surface area contributed by atoms with Crippen LogP contribution in [0.4, 0.5) is 13.2 Å². The Balaban J connectivity index is 1.53. The Bertz CT molecular complexity index is 1110. The van der Waals surface area contributed by atoms with Gasteiger partial charge in [0.2, 0.25) is 0 Å². The predicted octanol–water partition coefficient (Wildman–Crippen LogP) is 8.04. The molecule has 1 aliphatic heterocycles. The van der Waals surface area contributed by atoms with Crippen LogP contribution >= 0.6 is 0 Å². The van der Waals surface area contributed by atoms with Crippen LogP contribution in [0, 0.1) is 23.4 Å². The smallest absolute Gasteiger partial charge is 0.166 e. The molecule has 1 aliphatic rings. The van der Waals surface area contributed by atoms with Crippen LogP contribution in [0.2, 0.25) is 0 Å². The van der Waals surface area contributed by atoms with Crippen molar-refractivity contribution in [3.05, 3.63) is 95.3 Å². The van der Waals surface area contributed by atoms with Crippen LogP contribution in [0.15, 0.2) is 66.7 Å². The number of hydrogen-bond donors (Lipinski definition) is 0. The first-order chi connectivity index (χ1) is 15.5. The van der Waals surface area contributed by atoms with Crippen LogP contribution in [-0.2, 0) is 11.2 Å². The normalized spacial score (nSPS) is 18.9. The number of allylic oxidation sites excluding steroid dienone is 1. The molecule has 166 valence electrons. The first-order valence-electron chi connectivity index (χ1n) is 11.1. The molecule has 1 nitrogen and oxygen atoms in total. The van der Waals surface area contributed by atoms with Crippen LogP contribution in [0.1, 0.15) is 43.9 Å². The summed E-state index contributed by atoms with van der Waals surface area (Å²) in [6, 6.07) is 15.5. The zero-order chi connectivity index (χ0) is 22.7. The Morgan fingerprint density at radius 2 is 1.59 bits per heavy atom. The molecule has 3 aromatic rings. The van der Waals surface area contributed by atoms with Gasteiger partial charge in [0.15, 0.2) is 11.6 Å². The van der Waals surface area contributed by atoms with Gasteiger partial charge >= 0.3 is 0 Å². The Labute approximate surface area is 187 Å². The van der Waals surface area contributed by atoms with E-state index in [1.807, 2.05) is 19.1 Å². The molecule has 32 heavy (non-hydrogen) atoms. The van der Waals surface area contributed by atoms with Gasteiger partial charge < -0.3 is 4.74 Å². The molecule has 3 aromatic carbocycles. The molecule has 1 fully saturated rings. The summed E-state index contributed by atoms with van der Waals surface area (Å²) in [4.78, 5) is 0. The first kappa shape index (κ1) is 22.3. The number of aryl methyl sites for hydroxylation is 1. The molecule has 1 heterocycles.